The average Bonchev–Trinajstić information content (AvgIpc) is 3.03. The van der Waals surface area contributed by atoms with E-state index in [0.29, 0.717) is 0 Å². The molecule has 2 fully saturated rings. The molecular formula is C20H36O5Si2. The van der Waals surface area contributed by atoms with E-state index in [0.717, 1.165) is 11.1 Å². The van der Waals surface area contributed by atoms with E-state index >= 15 is 0 Å². The summed E-state index contributed by atoms with van der Waals surface area (Å²) in [4.78, 5) is 14.1. The van der Waals surface area contributed by atoms with Crippen molar-refractivity contribution < 1.29 is 22.5 Å². The molecule has 0 bridgehead atoms. The molecule has 1 unspecified atom stereocenters. The van der Waals surface area contributed by atoms with E-state index in [-0.39, 0.29) is 5.78 Å². The number of hydrogen-bond donors (Lipinski definition) is 0. The van der Waals surface area contributed by atoms with Gasteiger partial charge in [0.2, 0.25) is 0 Å². The third-order valence-electron chi connectivity index (χ3n) is 5.94. The number of ketones is 1. The van der Waals surface area contributed by atoms with Crippen LogP contribution in [0.3, 0.4) is 0 Å². The predicted molar refractivity (Wildman–Crippen MR) is 110 cm³/mol. The fourth-order valence-electron chi connectivity index (χ4n) is 6.07. The first-order valence-electron chi connectivity index (χ1n) is 9.84. The molecule has 1 spiro atoms. The zero-order valence-electron chi connectivity index (χ0n) is 19.0. The summed E-state index contributed by atoms with van der Waals surface area (Å²) in [6, 6.07) is 0. The van der Waals surface area contributed by atoms with Gasteiger partial charge in [0, 0.05) is 0 Å². The highest BCUT2D eigenvalue weighted by Gasteiger charge is 2.79. The Kier molecular flexibility index (Phi) is 4.15. The van der Waals surface area contributed by atoms with Crippen LogP contribution in [0.1, 0.15) is 55.4 Å². The van der Waals surface area contributed by atoms with Gasteiger partial charge < -0.3 is 17.7 Å². The highest BCUT2D eigenvalue weighted by atomic mass is 28.4. The molecule has 5 nitrogen and oxygen atoms in total. The lowest BCUT2D eigenvalue weighted by atomic mass is 9.69. The Labute approximate surface area is 166 Å². The summed E-state index contributed by atoms with van der Waals surface area (Å²) in [6.07, 6.45) is 0. The third kappa shape index (κ3) is 2.88. The van der Waals surface area contributed by atoms with Crippen LogP contribution < -0.4 is 0 Å². The first-order chi connectivity index (χ1) is 11.7. The lowest BCUT2D eigenvalue weighted by molar-refractivity contribution is -0.150. The average molecular weight is 413 g/mol. The molecule has 0 aromatic carbocycles. The molecule has 2 saturated heterocycles. The summed E-state index contributed by atoms with van der Waals surface area (Å²) in [7, 11) is -4.97. The van der Waals surface area contributed by atoms with Gasteiger partial charge in [-0.05, 0) is 92.7 Å². The van der Waals surface area contributed by atoms with Gasteiger partial charge in [0.25, 0.3) is 0 Å². The normalized spacial score (nSPS) is 37.4. The molecule has 1 aliphatic carbocycles. The highest BCUT2D eigenvalue weighted by Crippen LogP contribution is 2.72. The van der Waals surface area contributed by atoms with Crippen LogP contribution in [0.25, 0.3) is 0 Å². The van der Waals surface area contributed by atoms with Gasteiger partial charge in [-0.25, -0.2) is 0 Å². The Morgan fingerprint density at radius 2 is 0.926 bits per heavy atom. The molecule has 154 valence electrons. The summed E-state index contributed by atoms with van der Waals surface area (Å²) in [5.74, 6) is 0.0605. The van der Waals surface area contributed by atoms with E-state index in [9.17, 15) is 4.79 Å². The van der Waals surface area contributed by atoms with Crippen LogP contribution in [0, 0.1) is 5.41 Å². The van der Waals surface area contributed by atoms with Gasteiger partial charge in [0.05, 0.1) is 16.8 Å². The SMILES string of the molecule is CC1(C)O[Si](C)(C)OC(C)(C)C2=C3C(C)(C)O[Si](C)(C)OC(C)(C)C23C1=O. The first kappa shape index (κ1) is 21.4. The minimum Gasteiger partial charge on any atom is -0.387 e. The fraction of sp³-hybridized carbons (Fsp3) is 0.850. The molecule has 1 atom stereocenters. The quantitative estimate of drug-likeness (QED) is 0.434. The maximum Gasteiger partial charge on any atom is 0.333 e. The van der Waals surface area contributed by atoms with Crippen molar-refractivity contribution in [2.75, 3.05) is 0 Å². The Morgan fingerprint density at radius 1 is 0.593 bits per heavy atom. The summed E-state index contributed by atoms with van der Waals surface area (Å²) >= 11 is 0. The summed E-state index contributed by atoms with van der Waals surface area (Å²) < 4.78 is 26.1. The maximum absolute atomic E-state index is 14.1. The van der Waals surface area contributed by atoms with Gasteiger partial charge in [0.15, 0.2) is 5.78 Å². The second-order valence-electron chi connectivity index (χ2n) is 11.1. The van der Waals surface area contributed by atoms with Gasteiger partial charge in [0.1, 0.15) is 11.0 Å². The van der Waals surface area contributed by atoms with Gasteiger partial charge in [-0.2, -0.15) is 0 Å². The van der Waals surface area contributed by atoms with Gasteiger partial charge in [-0.1, -0.05) is 0 Å². The van der Waals surface area contributed by atoms with Crippen LogP contribution in [0.4, 0.5) is 0 Å². The van der Waals surface area contributed by atoms with Crippen molar-refractivity contribution in [1.82, 2.24) is 0 Å². The standard InChI is InChI=1S/C20H36O5Si2/c1-16(2)13-14-17(3,4)23-27(11,12)25-19(7,8)20(13,14)15(21)18(5,6)24-26(9,10)22-16/h1-12H3. The summed E-state index contributed by atoms with van der Waals surface area (Å²) in [5.41, 5.74) is -1.74. The van der Waals surface area contributed by atoms with Crippen LogP contribution in [0.15, 0.2) is 11.1 Å². The van der Waals surface area contributed by atoms with E-state index in [4.69, 9.17) is 17.7 Å². The molecule has 7 heteroatoms. The predicted octanol–water partition coefficient (Wildman–Crippen LogP) is 4.46. The summed E-state index contributed by atoms with van der Waals surface area (Å²) in [5, 5.41) is 0. The molecule has 0 amide bonds. The van der Waals surface area contributed by atoms with Crippen LogP contribution in [-0.2, 0) is 22.5 Å². The van der Waals surface area contributed by atoms with E-state index in [1.165, 1.54) is 0 Å². The Balaban J connectivity index is 2.33. The minimum absolute atomic E-state index is 0.0605. The van der Waals surface area contributed by atoms with Crippen LogP contribution in [0.5, 0.6) is 0 Å². The largest absolute Gasteiger partial charge is 0.387 e. The van der Waals surface area contributed by atoms with E-state index in [1.807, 2.05) is 67.7 Å². The van der Waals surface area contributed by atoms with Crippen LogP contribution in [-0.4, -0.2) is 45.3 Å². The molecule has 0 N–H and O–H groups in total. The topological polar surface area (TPSA) is 54.0 Å². The van der Waals surface area contributed by atoms with Crippen LogP contribution in [0.2, 0.25) is 26.2 Å². The molecule has 3 aliphatic rings. The molecule has 27 heavy (non-hydrogen) atoms. The number of hydrogen-bond acceptors (Lipinski definition) is 5. The van der Waals surface area contributed by atoms with E-state index in [2.05, 4.69) is 13.8 Å². The van der Waals surface area contributed by atoms with Crippen molar-refractivity contribution in [2.24, 2.45) is 5.41 Å². The third-order valence-corrected chi connectivity index (χ3v) is 9.94. The lowest BCUT2D eigenvalue weighted by Gasteiger charge is -2.48. The lowest BCUT2D eigenvalue weighted by Crippen LogP contribution is -2.62. The van der Waals surface area contributed by atoms with E-state index < -0.39 is 44.9 Å². The second kappa shape index (κ2) is 5.23. The Morgan fingerprint density at radius 3 is 1.33 bits per heavy atom. The van der Waals surface area contributed by atoms with Crippen molar-refractivity contribution in [2.45, 2.75) is 104 Å². The number of carbonyl (C=O) groups excluding carboxylic acids is 1. The monoisotopic (exact) mass is 412 g/mol. The molecule has 3 rings (SSSR count). The van der Waals surface area contributed by atoms with Crippen LogP contribution >= 0.6 is 0 Å². The van der Waals surface area contributed by atoms with Crippen molar-refractivity contribution in [3.05, 3.63) is 11.1 Å². The second-order valence-corrected chi connectivity index (χ2v) is 17.5. The van der Waals surface area contributed by atoms with Gasteiger partial charge in [-0.15, -0.1) is 0 Å². The Hall–Kier alpha value is -0.316. The molecule has 2 aliphatic heterocycles. The van der Waals surface area contributed by atoms with E-state index in [1.54, 1.807) is 0 Å². The summed E-state index contributed by atoms with van der Waals surface area (Å²) in [6.45, 7) is 24.1. The number of Topliss-reactive ketones (excluding diaryl/α,β-unsaturated/α-hetero) is 1. The molecule has 0 saturated carbocycles. The number of carbonyl (C=O) groups is 1. The van der Waals surface area contributed by atoms with Gasteiger partial charge >= 0.3 is 17.1 Å². The molecule has 2 heterocycles. The van der Waals surface area contributed by atoms with Crippen molar-refractivity contribution in [1.29, 1.82) is 0 Å². The highest BCUT2D eigenvalue weighted by molar-refractivity contribution is 6.65. The molecular weight excluding hydrogens is 376 g/mol. The van der Waals surface area contributed by atoms with Crippen molar-refractivity contribution >= 4 is 22.9 Å². The first-order valence-corrected chi connectivity index (χ1v) is 15.5. The minimum atomic E-state index is -2.53. The molecule has 0 aromatic heterocycles. The van der Waals surface area contributed by atoms with Crippen molar-refractivity contribution in [3.8, 4) is 0 Å². The smallest absolute Gasteiger partial charge is 0.333 e. The molecule has 0 radical (unpaired) electrons. The Bertz CT molecular complexity index is 737. The zero-order chi connectivity index (χ0) is 21.1. The number of rotatable bonds is 0. The van der Waals surface area contributed by atoms with Gasteiger partial charge in [-0.3, -0.25) is 4.79 Å². The molecule has 0 aromatic rings. The zero-order valence-corrected chi connectivity index (χ0v) is 21.0. The maximum atomic E-state index is 14.1. The fourth-order valence-corrected chi connectivity index (χ4v) is 11.5. The van der Waals surface area contributed by atoms with Crippen molar-refractivity contribution in [3.63, 3.8) is 0 Å².